The van der Waals surface area contributed by atoms with Gasteiger partial charge in [0.25, 0.3) is 5.91 Å². The number of fused-ring (bicyclic) bond motifs is 2. The number of aromatic nitrogens is 2. The number of carbonyl (C=O) groups is 2. The fourth-order valence-electron chi connectivity index (χ4n) is 4.09. The molecule has 174 valence electrons. The van der Waals surface area contributed by atoms with Gasteiger partial charge in [-0.1, -0.05) is 42.5 Å². The molecule has 0 saturated carbocycles. The summed E-state index contributed by atoms with van der Waals surface area (Å²) in [4.78, 5) is 33.6. The first-order valence-electron chi connectivity index (χ1n) is 11.2. The van der Waals surface area contributed by atoms with Gasteiger partial charge >= 0.3 is 5.97 Å². The highest BCUT2D eigenvalue weighted by molar-refractivity contribution is 5.97. The summed E-state index contributed by atoms with van der Waals surface area (Å²) in [6.45, 7) is 0.0178. The second-order valence-electron chi connectivity index (χ2n) is 8.20. The lowest BCUT2D eigenvalue weighted by Gasteiger charge is -2.18. The van der Waals surface area contributed by atoms with Crippen LogP contribution in [0.3, 0.4) is 0 Å². The van der Waals surface area contributed by atoms with E-state index in [0.717, 1.165) is 32.9 Å². The van der Waals surface area contributed by atoms with Crippen LogP contribution in [0.4, 0.5) is 4.39 Å². The van der Waals surface area contributed by atoms with Crippen molar-refractivity contribution in [1.82, 2.24) is 15.3 Å². The highest BCUT2D eigenvalue weighted by Crippen LogP contribution is 2.21. The molecule has 7 heteroatoms. The van der Waals surface area contributed by atoms with Gasteiger partial charge in [-0.05, 0) is 42.0 Å². The summed E-state index contributed by atoms with van der Waals surface area (Å²) in [5.41, 5.74) is 3.58. The van der Waals surface area contributed by atoms with Crippen molar-refractivity contribution in [3.05, 3.63) is 114 Å². The Morgan fingerprint density at radius 2 is 1.74 bits per heavy atom. The molecule has 0 fully saturated rings. The Balaban J connectivity index is 1.38. The molecule has 3 aromatic carbocycles. The lowest BCUT2D eigenvalue weighted by Crippen LogP contribution is -2.43. The predicted octanol–water partition coefficient (Wildman–Crippen LogP) is 4.94. The number of carbonyl (C=O) groups excluding carboxylic acids is 2. The molecule has 1 atom stereocenters. The van der Waals surface area contributed by atoms with E-state index < -0.39 is 23.7 Å². The van der Waals surface area contributed by atoms with Gasteiger partial charge in [0.05, 0.1) is 5.52 Å². The van der Waals surface area contributed by atoms with Crippen molar-refractivity contribution < 1.29 is 18.7 Å². The number of rotatable bonds is 7. The minimum absolute atomic E-state index is 0.0178. The van der Waals surface area contributed by atoms with Crippen molar-refractivity contribution in [2.24, 2.45) is 0 Å². The summed E-state index contributed by atoms with van der Waals surface area (Å²) in [6, 6.07) is 21.4. The van der Waals surface area contributed by atoms with Crippen molar-refractivity contribution >= 4 is 33.7 Å². The minimum atomic E-state index is -0.949. The Hall–Kier alpha value is -4.52. The molecule has 1 amide bonds. The highest BCUT2D eigenvalue weighted by Gasteiger charge is 2.25. The Bertz CT molecular complexity index is 1510. The van der Waals surface area contributed by atoms with Crippen molar-refractivity contribution in [2.45, 2.75) is 19.1 Å². The first-order valence-corrected chi connectivity index (χ1v) is 11.2. The summed E-state index contributed by atoms with van der Waals surface area (Å²) in [5.74, 6) is -1.50. The van der Waals surface area contributed by atoms with E-state index in [4.69, 9.17) is 4.74 Å². The SMILES string of the molecule is O=C(N[C@@H](Cc1c[nH]c2ccccc12)C(=O)OCc1cccc2cccnc12)c1ccc(F)cc1. The number of benzene rings is 3. The fraction of sp³-hybridized carbons (Fsp3) is 0.107. The Labute approximate surface area is 200 Å². The van der Waals surface area contributed by atoms with E-state index in [-0.39, 0.29) is 18.6 Å². The lowest BCUT2D eigenvalue weighted by atomic mass is 10.0. The van der Waals surface area contributed by atoms with Crippen LogP contribution in [-0.4, -0.2) is 27.9 Å². The molecular weight excluding hydrogens is 445 g/mol. The maximum absolute atomic E-state index is 13.3. The Morgan fingerprint density at radius 1 is 0.943 bits per heavy atom. The van der Waals surface area contributed by atoms with Crippen molar-refractivity contribution in [1.29, 1.82) is 0 Å². The van der Waals surface area contributed by atoms with Crippen LogP contribution in [0.15, 0.2) is 91.3 Å². The molecule has 0 aliphatic rings. The van der Waals surface area contributed by atoms with Gasteiger partial charge in [-0.15, -0.1) is 0 Å². The maximum atomic E-state index is 13.3. The average Bonchev–Trinajstić information content (AvgIpc) is 3.30. The number of pyridine rings is 1. The molecule has 0 bridgehead atoms. The largest absolute Gasteiger partial charge is 0.459 e. The second-order valence-corrected chi connectivity index (χ2v) is 8.20. The topological polar surface area (TPSA) is 84.1 Å². The minimum Gasteiger partial charge on any atom is -0.459 e. The first kappa shape index (κ1) is 22.3. The maximum Gasteiger partial charge on any atom is 0.329 e. The van der Waals surface area contributed by atoms with E-state index in [1.54, 1.807) is 6.20 Å². The van der Waals surface area contributed by atoms with Crippen LogP contribution in [0.1, 0.15) is 21.5 Å². The Kier molecular flexibility index (Phi) is 6.22. The third-order valence-corrected chi connectivity index (χ3v) is 5.88. The summed E-state index contributed by atoms with van der Waals surface area (Å²) in [7, 11) is 0. The van der Waals surface area contributed by atoms with E-state index in [9.17, 15) is 14.0 Å². The zero-order valence-corrected chi connectivity index (χ0v) is 18.7. The molecule has 2 heterocycles. The van der Waals surface area contributed by atoms with Gasteiger partial charge in [-0.2, -0.15) is 0 Å². The smallest absolute Gasteiger partial charge is 0.329 e. The number of amides is 1. The van der Waals surface area contributed by atoms with Gasteiger partial charge in [0, 0.05) is 46.2 Å². The second kappa shape index (κ2) is 9.77. The summed E-state index contributed by atoms with van der Waals surface area (Å²) >= 11 is 0. The van der Waals surface area contributed by atoms with Gasteiger partial charge in [-0.3, -0.25) is 9.78 Å². The van der Waals surface area contributed by atoms with Crippen molar-refractivity contribution in [2.75, 3.05) is 0 Å². The molecule has 5 aromatic rings. The summed E-state index contributed by atoms with van der Waals surface area (Å²) in [6.07, 6.45) is 3.74. The van der Waals surface area contributed by atoms with Gasteiger partial charge in [-0.25, -0.2) is 9.18 Å². The van der Waals surface area contributed by atoms with Gasteiger partial charge in [0.2, 0.25) is 0 Å². The van der Waals surface area contributed by atoms with E-state index >= 15 is 0 Å². The zero-order valence-electron chi connectivity index (χ0n) is 18.7. The third kappa shape index (κ3) is 4.89. The lowest BCUT2D eigenvalue weighted by molar-refractivity contribution is -0.147. The predicted molar refractivity (Wildman–Crippen MR) is 131 cm³/mol. The number of aromatic amines is 1. The molecule has 0 radical (unpaired) electrons. The van der Waals surface area contributed by atoms with Crippen molar-refractivity contribution in [3.8, 4) is 0 Å². The number of halogens is 1. The molecule has 0 aliphatic carbocycles. The van der Waals surface area contributed by atoms with E-state index in [0.29, 0.717) is 0 Å². The average molecular weight is 468 g/mol. The molecule has 0 unspecified atom stereocenters. The zero-order chi connectivity index (χ0) is 24.2. The van der Waals surface area contributed by atoms with E-state index in [1.165, 1.54) is 24.3 Å². The van der Waals surface area contributed by atoms with Crippen LogP contribution in [0.5, 0.6) is 0 Å². The summed E-state index contributed by atoms with van der Waals surface area (Å²) in [5, 5.41) is 4.67. The van der Waals surface area contributed by atoms with Gasteiger partial charge < -0.3 is 15.0 Å². The van der Waals surface area contributed by atoms with Gasteiger partial charge in [0.1, 0.15) is 18.5 Å². The molecule has 35 heavy (non-hydrogen) atoms. The Morgan fingerprint density at radius 3 is 2.60 bits per heavy atom. The molecule has 0 spiro atoms. The highest BCUT2D eigenvalue weighted by atomic mass is 19.1. The van der Waals surface area contributed by atoms with E-state index in [1.807, 2.05) is 60.8 Å². The van der Waals surface area contributed by atoms with Crippen LogP contribution in [0, 0.1) is 5.82 Å². The number of esters is 1. The van der Waals surface area contributed by atoms with Crippen molar-refractivity contribution in [3.63, 3.8) is 0 Å². The number of hydrogen-bond acceptors (Lipinski definition) is 4. The number of ether oxygens (including phenoxy) is 1. The van der Waals surface area contributed by atoms with Crippen LogP contribution in [0.2, 0.25) is 0 Å². The quantitative estimate of drug-likeness (QED) is 0.332. The monoisotopic (exact) mass is 467 g/mol. The standard InChI is InChI=1S/C28H22FN3O3/c29-22-12-10-19(11-13-22)27(33)32-25(15-21-16-31-24-9-2-1-8-23(21)24)28(34)35-17-20-6-3-5-18-7-4-14-30-26(18)20/h1-14,16,25,31H,15,17H2,(H,32,33)/t25-/m0/s1. The third-order valence-electron chi connectivity index (χ3n) is 5.88. The fourth-order valence-corrected chi connectivity index (χ4v) is 4.09. The number of para-hydroxylation sites is 2. The molecule has 6 nitrogen and oxygen atoms in total. The first-order chi connectivity index (χ1) is 17.1. The van der Waals surface area contributed by atoms with Crippen LogP contribution in [-0.2, 0) is 22.6 Å². The normalized spacial score (nSPS) is 11.9. The molecule has 0 aliphatic heterocycles. The molecule has 2 aromatic heterocycles. The molecule has 5 rings (SSSR count). The van der Waals surface area contributed by atoms with Crippen LogP contribution in [0.25, 0.3) is 21.8 Å². The number of H-pyrrole nitrogens is 1. The summed E-state index contributed by atoms with van der Waals surface area (Å²) < 4.78 is 19.0. The molecule has 0 saturated heterocycles. The van der Waals surface area contributed by atoms with E-state index in [2.05, 4.69) is 15.3 Å². The number of nitrogens with zero attached hydrogens (tertiary/aromatic N) is 1. The van der Waals surface area contributed by atoms with Crippen LogP contribution >= 0.6 is 0 Å². The number of nitrogens with one attached hydrogen (secondary N) is 2. The number of hydrogen-bond donors (Lipinski definition) is 2. The molecular formula is C28H22FN3O3. The van der Waals surface area contributed by atoms with Crippen LogP contribution < -0.4 is 5.32 Å². The molecule has 2 N–H and O–H groups in total. The van der Waals surface area contributed by atoms with Gasteiger partial charge in [0.15, 0.2) is 0 Å².